The lowest BCUT2D eigenvalue weighted by molar-refractivity contribution is -0.154. The van der Waals surface area contributed by atoms with Crippen LogP contribution in [0.15, 0.2) is 29.2 Å². The van der Waals surface area contributed by atoms with E-state index in [9.17, 15) is 22.4 Å². The lowest BCUT2D eigenvalue weighted by Gasteiger charge is -2.23. The molecule has 0 bridgehead atoms. The van der Waals surface area contributed by atoms with Crippen LogP contribution < -0.4 is 5.32 Å². The van der Waals surface area contributed by atoms with Gasteiger partial charge < -0.3 is 10.1 Å². The molecule has 0 spiro atoms. The summed E-state index contributed by atoms with van der Waals surface area (Å²) in [4.78, 5) is 23.5. The highest BCUT2D eigenvalue weighted by atomic mass is 32.2. The van der Waals surface area contributed by atoms with E-state index in [1.807, 2.05) is 0 Å². The van der Waals surface area contributed by atoms with Gasteiger partial charge in [0.15, 0.2) is 15.9 Å². The molecule has 0 heterocycles. The Hall–Kier alpha value is -1.96. The molecule has 24 heavy (non-hydrogen) atoms. The molecule has 6 nitrogen and oxygen atoms in total. The highest BCUT2D eigenvalue weighted by Crippen LogP contribution is 2.13. The second-order valence-corrected chi connectivity index (χ2v) is 8.50. The maximum atomic E-state index is 12.8. The molecular formula is C16H22FNO5S. The van der Waals surface area contributed by atoms with Crippen molar-refractivity contribution in [2.24, 2.45) is 0 Å². The molecule has 0 radical (unpaired) electrons. The van der Waals surface area contributed by atoms with Crippen LogP contribution in [0.1, 0.15) is 34.1 Å². The zero-order valence-electron chi connectivity index (χ0n) is 14.1. The molecule has 0 saturated heterocycles. The summed E-state index contributed by atoms with van der Waals surface area (Å²) in [5, 5.41) is 2.66. The predicted octanol–water partition coefficient (Wildman–Crippen LogP) is 1.84. The molecule has 0 aliphatic heterocycles. The van der Waals surface area contributed by atoms with Crippen LogP contribution in [-0.2, 0) is 24.2 Å². The number of carbonyl (C=O) groups excluding carboxylic acids is 2. The van der Waals surface area contributed by atoms with Crippen LogP contribution in [0.25, 0.3) is 0 Å². The second kappa shape index (κ2) is 7.74. The van der Waals surface area contributed by atoms with Gasteiger partial charge >= 0.3 is 5.97 Å². The van der Waals surface area contributed by atoms with Crippen molar-refractivity contribution in [3.63, 3.8) is 0 Å². The molecule has 0 aliphatic rings. The van der Waals surface area contributed by atoms with Crippen LogP contribution in [0.3, 0.4) is 0 Å². The van der Waals surface area contributed by atoms with Gasteiger partial charge in [0.25, 0.3) is 5.91 Å². The van der Waals surface area contributed by atoms with Crippen molar-refractivity contribution >= 4 is 21.7 Å². The third-order valence-electron chi connectivity index (χ3n) is 2.92. The molecule has 0 aliphatic carbocycles. The van der Waals surface area contributed by atoms with Gasteiger partial charge in [0.05, 0.1) is 17.1 Å². The van der Waals surface area contributed by atoms with E-state index in [4.69, 9.17) is 4.74 Å². The van der Waals surface area contributed by atoms with Crippen LogP contribution in [0.5, 0.6) is 0 Å². The minimum atomic E-state index is -3.73. The van der Waals surface area contributed by atoms with Crippen LogP contribution in [-0.4, -0.2) is 37.7 Å². The highest BCUT2D eigenvalue weighted by Gasteiger charge is 2.23. The summed E-state index contributed by atoms with van der Waals surface area (Å²) in [5.74, 6) is -2.29. The molecule has 134 valence electrons. The number of hydrogen-bond acceptors (Lipinski definition) is 5. The number of esters is 1. The molecule has 0 saturated carbocycles. The van der Waals surface area contributed by atoms with E-state index in [2.05, 4.69) is 5.32 Å². The number of sulfone groups is 1. The van der Waals surface area contributed by atoms with Crippen molar-refractivity contribution < 1.29 is 27.1 Å². The molecule has 0 aromatic heterocycles. The summed E-state index contributed by atoms with van der Waals surface area (Å²) in [6, 6.07) is 4.33. The van der Waals surface area contributed by atoms with Crippen molar-refractivity contribution in [1.82, 2.24) is 5.32 Å². The predicted molar refractivity (Wildman–Crippen MR) is 86.5 cm³/mol. The maximum absolute atomic E-state index is 12.8. The van der Waals surface area contributed by atoms with E-state index in [-0.39, 0.29) is 4.90 Å². The third-order valence-corrected chi connectivity index (χ3v) is 4.66. The van der Waals surface area contributed by atoms with Gasteiger partial charge in [-0.1, -0.05) is 0 Å². The summed E-state index contributed by atoms with van der Waals surface area (Å²) >= 11 is 0. The van der Waals surface area contributed by atoms with E-state index >= 15 is 0 Å². The molecule has 1 atom stereocenters. The first-order valence-electron chi connectivity index (χ1n) is 7.40. The average Bonchev–Trinajstić information content (AvgIpc) is 2.44. The van der Waals surface area contributed by atoms with Crippen LogP contribution in [0.2, 0.25) is 0 Å². The zero-order valence-corrected chi connectivity index (χ0v) is 14.9. The Labute approximate surface area is 141 Å². The van der Waals surface area contributed by atoms with E-state index in [1.165, 1.54) is 6.92 Å². The monoisotopic (exact) mass is 359 g/mol. The first-order chi connectivity index (χ1) is 10.9. The topological polar surface area (TPSA) is 89.5 Å². The van der Waals surface area contributed by atoms with Crippen molar-refractivity contribution in [2.45, 2.75) is 50.7 Å². The maximum Gasteiger partial charge on any atom is 0.307 e. The fourth-order valence-corrected chi connectivity index (χ4v) is 2.98. The Morgan fingerprint density at radius 3 is 2.25 bits per heavy atom. The number of rotatable bonds is 6. The number of halogens is 1. The minimum absolute atomic E-state index is 0.0739. The van der Waals surface area contributed by atoms with Crippen molar-refractivity contribution in [2.75, 3.05) is 5.75 Å². The lowest BCUT2D eigenvalue weighted by atomic mass is 10.1. The largest absolute Gasteiger partial charge is 0.453 e. The number of hydrogen-bond donors (Lipinski definition) is 1. The van der Waals surface area contributed by atoms with Crippen LogP contribution in [0.4, 0.5) is 4.39 Å². The average molecular weight is 359 g/mol. The van der Waals surface area contributed by atoms with Gasteiger partial charge in [-0.25, -0.2) is 12.8 Å². The first kappa shape index (κ1) is 20.1. The molecule has 1 N–H and O–H groups in total. The van der Waals surface area contributed by atoms with Gasteiger partial charge in [-0.2, -0.15) is 0 Å². The molecular weight excluding hydrogens is 337 g/mol. The smallest absolute Gasteiger partial charge is 0.307 e. The molecule has 1 aromatic carbocycles. The standard InChI is InChI=1S/C16H22FNO5S/c1-11(15(20)18-16(2,3)4)23-14(19)9-10-24(21,22)13-7-5-12(17)6-8-13/h5-8,11H,9-10H2,1-4H3,(H,18,20)/t11-/m1/s1. The molecule has 0 unspecified atom stereocenters. The van der Waals surface area contributed by atoms with Crippen molar-refractivity contribution in [3.05, 3.63) is 30.1 Å². The van der Waals surface area contributed by atoms with Crippen molar-refractivity contribution in [3.8, 4) is 0 Å². The normalized spacial score (nSPS) is 13.2. The quantitative estimate of drug-likeness (QED) is 0.618. The van der Waals surface area contributed by atoms with E-state index in [0.29, 0.717) is 0 Å². The summed E-state index contributed by atoms with van der Waals surface area (Å²) in [5.41, 5.74) is -0.469. The molecule has 1 amide bonds. The van der Waals surface area contributed by atoms with Crippen LogP contribution >= 0.6 is 0 Å². The summed E-state index contributed by atoms with van der Waals surface area (Å²) in [6.45, 7) is 6.77. The van der Waals surface area contributed by atoms with Gasteiger partial charge in [-0.3, -0.25) is 9.59 Å². The second-order valence-electron chi connectivity index (χ2n) is 6.39. The molecule has 0 fully saturated rings. The molecule has 8 heteroatoms. The number of benzene rings is 1. The van der Waals surface area contributed by atoms with Crippen molar-refractivity contribution in [1.29, 1.82) is 0 Å². The number of ether oxygens (including phenoxy) is 1. The number of amides is 1. The van der Waals surface area contributed by atoms with E-state index in [1.54, 1.807) is 20.8 Å². The summed E-state index contributed by atoms with van der Waals surface area (Å²) < 4.78 is 41.8. The molecule has 1 aromatic rings. The Kier molecular flexibility index (Phi) is 6.48. The van der Waals surface area contributed by atoms with Crippen LogP contribution in [0, 0.1) is 5.82 Å². The molecule has 1 rings (SSSR count). The zero-order chi connectivity index (χ0) is 18.5. The van der Waals surface area contributed by atoms with E-state index in [0.717, 1.165) is 24.3 Å². The minimum Gasteiger partial charge on any atom is -0.453 e. The van der Waals surface area contributed by atoms with Gasteiger partial charge in [0.1, 0.15) is 5.82 Å². The van der Waals surface area contributed by atoms with E-state index < -0.39 is 51.3 Å². The third kappa shape index (κ3) is 6.66. The summed E-state index contributed by atoms with van der Waals surface area (Å²) in [7, 11) is -3.73. The van der Waals surface area contributed by atoms with Gasteiger partial charge in [-0.05, 0) is 52.0 Å². The fourth-order valence-electron chi connectivity index (χ4n) is 1.76. The number of nitrogens with one attached hydrogen (secondary N) is 1. The van der Waals surface area contributed by atoms with Gasteiger partial charge in [0, 0.05) is 5.54 Å². The Balaban J connectivity index is 2.56. The Bertz CT molecular complexity index is 692. The highest BCUT2D eigenvalue weighted by molar-refractivity contribution is 7.91. The first-order valence-corrected chi connectivity index (χ1v) is 9.06. The number of carbonyl (C=O) groups is 2. The van der Waals surface area contributed by atoms with Gasteiger partial charge in [0.2, 0.25) is 0 Å². The SMILES string of the molecule is C[C@@H](OC(=O)CCS(=O)(=O)c1ccc(F)cc1)C(=O)NC(C)(C)C. The Morgan fingerprint density at radius 1 is 1.21 bits per heavy atom. The lowest BCUT2D eigenvalue weighted by Crippen LogP contribution is -2.46. The Morgan fingerprint density at radius 2 is 1.75 bits per heavy atom. The summed E-state index contributed by atoms with van der Waals surface area (Å²) in [6.07, 6.45) is -1.42. The van der Waals surface area contributed by atoms with Gasteiger partial charge in [-0.15, -0.1) is 0 Å². The fraction of sp³-hybridized carbons (Fsp3) is 0.500.